The molecule has 2 aliphatic rings. The predicted octanol–water partition coefficient (Wildman–Crippen LogP) is 3.33. The highest BCUT2D eigenvalue weighted by molar-refractivity contribution is 5.81. The number of benzene rings is 1. The number of allylic oxidation sites excluding steroid dienone is 2. The van der Waals surface area contributed by atoms with Crippen LogP contribution in [0.15, 0.2) is 65.0 Å². The average molecular weight is 515 g/mol. The molecule has 2 heterocycles. The minimum Gasteiger partial charge on any atom is -0.370 e. The fourth-order valence-corrected chi connectivity index (χ4v) is 4.47. The number of guanidine groups is 1. The van der Waals surface area contributed by atoms with Gasteiger partial charge in [0.25, 0.3) is 5.89 Å². The van der Waals surface area contributed by atoms with E-state index in [4.69, 9.17) is 15.2 Å². The maximum atomic E-state index is 12.0. The third-order valence-corrected chi connectivity index (χ3v) is 7.27. The highest BCUT2D eigenvalue weighted by atomic mass is 16.5. The van der Waals surface area contributed by atoms with Crippen LogP contribution in [0.25, 0.3) is 17.0 Å². The molecule has 10 heteroatoms. The number of carbonyl (C=O) groups excluding carboxylic acids is 1. The molecule has 198 valence electrons. The van der Waals surface area contributed by atoms with Gasteiger partial charge in [0.05, 0.1) is 17.2 Å². The Hall–Kier alpha value is -4.21. The highest BCUT2D eigenvalue weighted by Gasteiger charge is 2.47. The molecule has 2 saturated carbocycles. The fraction of sp³-hybridized carbons (Fsp3) is 0.393. The van der Waals surface area contributed by atoms with E-state index >= 15 is 0 Å². The van der Waals surface area contributed by atoms with E-state index in [1.54, 1.807) is 43.4 Å². The van der Waals surface area contributed by atoms with Gasteiger partial charge in [-0.25, -0.2) is 4.99 Å². The quantitative estimate of drug-likeness (QED) is 0.241. The van der Waals surface area contributed by atoms with E-state index in [-0.39, 0.29) is 12.5 Å². The van der Waals surface area contributed by atoms with Crippen LogP contribution in [0, 0.1) is 5.92 Å². The summed E-state index contributed by atoms with van der Waals surface area (Å²) in [5.41, 5.74) is 9.26. The van der Waals surface area contributed by atoms with Gasteiger partial charge in [0.1, 0.15) is 6.54 Å². The summed E-state index contributed by atoms with van der Waals surface area (Å²) in [5, 5.41) is 11.8. The number of nitrogens with one attached hydrogen (secondary N) is 1. The summed E-state index contributed by atoms with van der Waals surface area (Å²) in [7, 11) is 3.43. The Morgan fingerprint density at radius 2 is 2.03 bits per heavy atom. The topological polar surface area (TPSA) is 127 Å². The Bertz CT molecular complexity index is 1380. The van der Waals surface area contributed by atoms with Crippen molar-refractivity contribution in [2.75, 3.05) is 14.1 Å². The van der Waals surface area contributed by atoms with Crippen molar-refractivity contribution in [3.63, 3.8) is 0 Å². The molecule has 2 aromatic heterocycles. The van der Waals surface area contributed by atoms with Crippen molar-refractivity contribution in [2.45, 2.75) is 50.6 Å². The molecule has 0 radical (unpaired) electrons. The lowest BCUT2D eigenvalue weighted by molar-refractivity contribution is -0.129. The molecule has 0 aliphatic heterocycles. The molecule has 1 aromatic carbocycles. The first kappa shape index (κ1) is 25.4. The van der Waals surface area contributed by atoms with Crippen LogP contribution in [0.1, 0.15) is 49.6 Å². The van der Waals surface area contributed by atoms with E-state index in [1.807, 2.05) is 0 Å². The summed E-state index contributed by atoms with van der Waals surface area (Å²) in [6, 6.07) is 8.81. The molecule has 0 saturated heterocycles. The molecule has 1 atom stereocenters. The van der Waals surface area contributed by atoms with E-state index in [0.717, 1.165) is 42.4 Å². The fourth-order valence-electron chi connectivity index (χ4n) is 4.47. The smallest absolute Gasteiger partial charge is 0.261 e. The van der Waals surface area contributed by atoms with Crippen LogP contribution in [0.5, 0.6) is 0 Å². The first-order chi connectivity index (χ1) is 18.3. The lowest BCUT2D eigenvalue weighted by Gasteiger charge is -2.27. The molecule has 3 N–H and O–H groups in total. The standard InChI is InChI=1S/C28H34N8O2/c1-5-18(14-30-27(29)32-23-12-13-23)19-6-8-21(9-7-19)28(2,22-10-11-22)26-33-25(38-34-26)20-15-31-36(16-20)17-24(37)35(3)4/h5-9,14-16,22-23H,1,10-13,17H2,2-4H3,(H3,29,30,32)/b18-14+. The Kier molecular flexibility index (Phi) is 6.88. The maximum absolute atomic E-state index is 12.0. The summed E-state index contributed by atoms with van der Waals surface area (Å²) >= 11 is 0. The van der Waals surface area contributed by atoms with Gasteiger partial charge in [-0.15, -0.1) is 0 Å². The zero-order valence-electron chi connectivity index (χ0n) is 22.1. The number of rotatable bonds is 10. The van der Waals surface area contributed by atoms with Gasteiger partial charge in [-0.1, -0.05) is 42.1 Å². The van der Waals surface area contributed by atoms with Gasteiger partial charge in [0.2, 0.25) is 5.91 Å². The second kappa shape index (κ2) is 10.3. The van der Waals surface area contributed by atoms with E-state index in [0.29, 0.717) is 35.2 Å². The third kappa shape index (κ3) is 5.39. The largest absolute Gasteiger partial charge is 0.370 e. The maximum Gasteiger partial charge on any atom is 0.261 e. The molecule has 1 amide bonds. The van der Waals surface area contributed by atoms with Crippen LogP contribution in [0.3, 0.4) is 0 Å². The van der Waals surface area contributed by atoms with Crippen LogP contribution in [0.2, 0.25) is 0 Å². The van der Waals surface area contributed by atoms with E-state index in [2.05, 4.69) is 58.3 Å². The van der Waals surface area contributed by atoms with Gasteiger partial charge < -0.3 is 20.5 Å². The lowest BCUT2D eigenvalue weighted by Crippen LogP contribution is -2.32. The van der Waals surface area contributed by atoms with Crippen LogP contribution in [-0.4, -0.2) is 56.8 Å². The van der Waals surface area contributed by atoms with Gasteiger partial charge in [-0.05, 0) is 55.2 Å². The molecule has 5 rings (SSSR count). The second-order valence-electron chi connectivity index (χ2n) is 10.4. The number of aromatic nitrogens is 4. The summed E-state index contributed by atoms with van der Waals surface area (Å²) in [6.45, 7) is 6.27. The number of likely N-dealkylation sites (N-methyl/N-ethyl adjacent to an activating group) is 1. The number of hydrogen-bond acceptors (Lipinski definition) is 6. The first-order valence-electron chi connectivity index (χ1n) is 12.9. The Labute approximate surface area is 222 Å². The molecule has 2 fully saturated rings. The summed E-state index contributed by atoms with van der Waals surface area (Å²) < 4.78 is 7.24. The Morgan fingerprint density at radius 3 is 2.66 bits per heavy atom. The summed E-state index contributed by atoms with van der Waals surface area (Å²) in [5.74, 6) is 1.83. The molecule has 10 nitrogen and oxygen atoms in total. The minimum absolute atomic E-state index is 0.0460. The second-order valence-corrected chi connectivity index (χ2v) is 10.4. The highest BCUT2D eigenvalue weighted by Crippen LogP contribution is 2.50. The Morgan fingerprint density at radius 1 is 1.29 bits per heavy atom. The lowest BCUT2D eigenvalue weighted by atomic mass is 9.76. The first-order valence-corrected chi connectivity index (χ1v) is 12.9. The van der Waals surface area contributed by atoms with Crippen molar-refractivity contribution in [3.05, 3.63) is 72.5 Å². The van der Waals surface area contributed by atoms with Crippen molar-refractivity contribution in [1.29, 1.82) is 0 Å². The van der Waals surface area contributed by atoms with E-state index < -0.39 is 5.41 Å². The molecule has 1 unspecified atom stereocenters. The minimum atomic E-state index is -0.397. The molecule has 0 bridgehead atoms. The molecule has 2 aliphatic carbocycles. The van der Waals surface area contributed by atoms with Gasteiger partial charge in [0.15, 0.2) is 11.8 Å². The molecule has 3 aromatic rings. The van der Waals surface area contributed by atoms with Gasteiger partial charge in [-0.3, -0.25) is 9.48 Å². The number of carbonyl (C=O) groups is 1. The SMILES string of the molecule is C=C/C(=C\N=C(/N)NC1CC1)c1ccc(C(C)(c2noc(-c3cnn(CC(=O)N(C)C)c3)n2)C2CC2)cc1. The molecular formula is C28H34N8O2. The van der Waals surface area contributed by atoms with Crippen molar-refractivity contribution in [2.24, 2.45) is 16.6 Å². The number of hydrogen-bond donors (Lipinski definition) is 2. The number of aliphatic imine (C=N–C) groups is 1. The van der Waals surface area contributed by atoms with Gasteiger partial charge in [-0.2, -0.15) is 10.1 Å². The Balaban J connectivity index is 1.36. The third-order valence-electron chi connectivity index (χ3n) is 7.27. The normalized spacial score (nSPS) is 17.7. The van der Waals surface area contributed by atoms with Gasteiger partial charge >= 0.3 is 0 Å². The van der Waals surface area contributed by atoms with Gasteiger partial charge in [0, 0.05) is 32.5 Å². The van der Waals surface area contributed by atoms with Crippen molar-refractivity contribution in [1.82, 2.24) is 30.1 Å². The summed E-state index contributed by atoms with van der Waals surface area (Å²) in [4.78, 5) is 22.7. The molecule has 0 spiro atoms. The van der Waals surface area contributed by atoms with E-state index in [9.17, 15) is 4.79 Å². The van der Waals surface area contributed by atoms with Crippen molar-refractivity contribution < 1.29 is 9.32 Å². The summed E-state index contributed by atoms with van der Waals surface area (Å²) in [6.07, 6.45) is 11.4. The van der Waals surface area contributed by atoms with Crippen LogP contribution in [-0.2, 0) is 16.8 Å². The predicted molar refractivity (Wildman–Crippen MR) is 146 cm³/mol. The van der Waals surface area contributed by atoms with Crippen LogP contribution in [0.4, 0.5) is 0 Å². The monoisotopic (exact) mass is 514 g/mol. The van der Waals surface area contributed by atoms with Crippen LogP contribution >= 0.6 is 0 Å². The van der Waals surface area contributed by atoms with Crippen LogP contribution < -0.4 is 11.1 Å². The molecular weight excluding hydrogens is 480 g/mol. The zero-order valence-corrected chi connectivity index (χ0v) is 22.1. The number of nitrogens with zero attached hydrogens (tertiary/aromatic N) is 6. The van der Waals surface area contributed by atoms with E-state index in [1.165, 1.54) is 4.90 Å². The number of amides is 1. The molecule has 38 heavy (non-hydrogen) atoms. The zero-order chi connectivity index (χ0) is 26.9. The van der Waals surface area contributed by atoms with Crippen molar-refractivity contribution >= 4 is 17.4 Å². The number of nitrogens with two attached hydrogens (primary N) is 1. The average Bonchev–Trinajstić information content (AvgIpc) is 3.82. The van der Waals surface area contributed by atoms with Crippen molar-refractivity contribution in [3.8, 4) is 11.5 Å².